The maximum Gasteiger partial charge on any atom is 0.338 e. The molecule has 1 atom stereocenters. The van der Waals surface area contributed by atoms with E-state index in [0.29, 0.717) is 50.0 Å². The molecule has 0 saturated carbocycles. The van der Waals surface area contributed by atoms with Gasteiger partial charge in [-0.2, -0.15) is 0 Å². The number of ether oxygens (including phenoxy) is 4. The number of esters is 1. The summed E-state index contributed by atoms with van der Waals surface area (Å²) in [5.41, 5.74) is 2.03. The summed E-state index contributed by atoms with van der Waals surface area (Å²) in [5.74, 6) is 1.34. The lowest BCUT2D eigenvalue weighted by Crippen LogP contribution is -2.40. The van der Waals surface area contributed by atoms with E-state index in [4.69, 9.17) is 18.9 Å². The van der Waals surface area contributed by atoms with E-state index in [2.05, 4.69) is 4.99 Å². The quantitative estimate of drug-likeness (QED) is 0.330. The summed E-state index contributed by atoms with van der Waals surface area (Å²) >= 11 is 1.27. The zero-order chi connectivity index (χ0) is 29.0. The van der Waals surface area contributed by atoms with Gasteiger partial charge in [0, 0.05) is 5.56 Å². The standard InChI is InChI=1S/C31H36N2O6S/c1-8-36-25-16-21(14-15-24(25)39-19(5)6)17-26-29(34)33-28(22-12-10-11-13-23(22)38-18(3)4)27(30(35)37-9-2)20(7)32-31(33)40-26/h10-19,28H,8-9H2,1-7H3/b26-17-. The van der Waals surface area contributed by atoms with Gasteiger partial charge < -0.3 is 18.9 Å². The minimum absolute atomic E-state index is 0.00636. The Morgan fingerprint density at radius 3 is 2.38 bits per heavy atom. The van der Waals surface area contributed by atoms with E-state index in [0.717, 1.165) is 5.56 Å². The minimum Gasteiger partial charge on any atom is -0.491 e. The van der Waals surface area contributed by atoms with Crippen LogP contribution in [0.25, 0.3) is 6.08 Å². The Hall–Kier alpha value is -3.85. The number of aromatic nitrogens is 1. The fraction of sp³-hybridized carbons (Fsp3) is 0.387. The average molecular weight is 565 g/mol. The lowest BCUT2D eigenvalue weighted by molar-refractivity contribution is -0.139. The van der Waals surface area contributed by atoms with Gasteiger partial charge in [0.15, 0.2) is 16.3 Å². The molecule has 0 radical (unpaired) electrons. The van der Waals surface area contributed by atoms with Crippen LogP contribution in [0, 0.1) is 0 Å². The molecule has 2 aromatic carbocycles. The fourth-order valence-corrected chi connectivity index (χ4v) is 5.59. The van der Waals surface area contributed by atoms with Gasteiger partial charge in [0.2, 0.25) is 0 Å². The second-order valence-electron chi connectivity index (χ2n) is 9.81. The van der Waals surface area contributed by atoms with Crippen molar-refractivity contribution in [2.45, 2.75) is 66.7 Å². The minimum atomic E-state index is -0.756. The Kier molecular flexibility index (Phi) is 9.14. The average Bonchev–Trinajstić information content (AvgIpc) is 3.19. The van der Waals surface area contributed by atoms with Crippen molar-refractivity contribution in [3.8, 4) is 17.2 Å². The first-order chi connectivity index (χ1) is 19.1. The number of hydrogen-bond acceptors (Lipinski definition) is 8. The van der Waals surface area contributed by atoms with E-state index in [1.807, 2.05) is 83.2 Å². The molecule has 0 saturated heterocycles. The highest BCUT2D eigenvalue weighted by atomic mass is 32.1. The molecular weight excluding hydrogens is 528 g/mol. The van der Waals surface area contributed by atoms with Crippen molar-refractivity contribution in [2.24, 2.45) is 4.99 Å². The van der Waals surface area contributed by atoms with E-state index in [-0.39, 0.29) is 24.4 Å². The summed E-state index contributed by atoms with van der Waals surface area (Å²) in [7, 11) is 0. The summed E-state index contributed by atoms with van der Waals surface area (Å²) in [4.78, 5) is 32.4. The molecule has 9 heteroatoms. The van der Waals surface area contributed by atoms with Crippen LogP contribution in [0.2, 0.25) is 0 Å². The highest BCUT2D eigenvalue weighted by Crippen LogP contribution is 2.36. The van der Waals surface area contributed by atoms with Gasteiger partial charge >= 0.3 is 5.97 Å². The van der Waals surface area contributed by atoms with Crippen LogP contribution < -0.4 is 29.1 Å². The van der Waals surface area contributed by atoms with Gasteiger partial charge in [0.1, 0.15) is 11.8 Å². The highest BCUT2D eigenvalue weighted by Gasteiger charge is 2.35. The van der Waals surface area contributed by atoms with Gasteiger partial charge in [-0.05, 0) is 78.3 Å². The van der Waals surface area contributed by atoms with E-state index >= 15 is 0 Å². The molecule has 40 heavy (non-hydrogen) atoms. The Morgan fingerprint density at radius 2 is 1.70 bits per heavy atom. The van der Waals surface area contributed by atoms with Gasteiger partial charge in [-0.15, -0.1) is 0 Å². The van der Waals surface area contributed by atoms with Crippen molar-refractivity contribution in [3.63, 3.8) is 0 Å². The predicted octanol–water partition coefficient (Wildman–Crippen LogP) is 4.77. The maximum absolute atomic E-state index is 14.0. The predicted molar refractivity (Wildman–Crippen MR) is 156 cm³/mol. The molecule has 3 aromatic rings. The van der Waals surface area contributed by atoms with Crippen LogP contribution in [0.5, 0.6) is 17.2 Å². The number of allylic oxidation sites excluding steroid dienone is 1. The molecule has 0 amide bonds. The van der Waals surface area contributed by atoms with Gasteiger partial charge in [-0.25, -0.2) is 9.79 Å². The van der Waals surface area contributed by atoms with E-state index in [9.17, 15) is 9.59 Å². The van der Waals surface area contributed by atoms with E-state index in [1.54, 1.807) is 18.4 Å². The van der Waals surface area contributed by atoms with Crippen LogP contribution in [0.15, 0.2) is 63.5 Å². The number of carbonyl (C=O) groups excluding carboxylic acids is 1. The van der Waals surface area contributed by atoms with Gasteiger partial charge in [0.25, 0.3) is 5.56 Å². The van der Waals surface area contributed by atoms with Crippen LogP contribution in [-0.2, 0) is 9.53 Å². The summed E-state index contributed by atoms with van der Waals surface area (Å²) in [5, 5.41) is 0. The molecule has 1 aliphatic heterocycles. The second-order valence-corrected chi connectivity index (χ2v) is 10.8. The van der Waals surface area contributed by atoms with E-state index < -0.39 is 12.0 Å². The smallest absolute Gasteiger partial charge is 0.338 e. The van der Waals surface area contributed by atoms with Gasteiger partial charge in [-0.1, -0.05) is 35.6 Å². The molecule has 0 aliphatic carbocycles. The zero-order valence-electron chi connectivity index (χ0n) is 24.0. The molecule has 2 heterocycles. The number of thiazole rings is 1. The summed E-state index contributed by atoms with van der Waals surface area (Å²) < 4.78 is 25.3. The molecule has 1 unspecified atom stereocenters. The third-order valence-electron chi connectivity index (χ3n) is 6.02. The first-order valence-corrected chi connectivity index (χ1v) is 14.3. The molecule has 212 valence electrons. The van der Waals surface area contributed by atoms with Crippen LogP contribution in [0.4, 0.5) is 0 Å². The Morgan fingerprint density at radius 1 is 1.00 bits per heavy atom. The number of nitrogens with zero attached hydrogens (tertiary/aromatic N) is 2. The maximum atomic E-state index is 14.0. The SMILES string of the molecule is CCOC(=O)C1=C(C)N=c2s/c(=C\c3ccc(OC(C)C)c(OCC)c3)c(=O)n2C1c1ccccc1OC(C)C. The topological polar surface area (TPSA) is 88.4 Å². The third-order valence-corrected chi connectivity index (χ3v) is 7.00. The Labute approximate surface area is 238 Å². The van der Waals surface area contributed by atoms with Crippen molar-refractivity contribution in [2.75, 3.05) is 13.2 Å². The van der Waals surface area contributed by atoms with Crippen molar-refractivity contribution in [1.82, 2.24) is 4.57 Å². The summed E-state index contributed by atoms with van der Waals surface area (Å²) in [6, 6.07) is 12.3. The van der Waals surface area contributed by atoms with Crippen LogP contribution in [0.3, 0.4) is 0 Å². The molecule has 0 spiro atoms. The Balaban J connectivity index is 1.92. The van der Waals surface area contributed by atoms with Crippen LogP contribution >= 0.6 is 11.3 Å². The fourth-order valence-electron chi connectivity index (χ4n) is 4.54. The Bertz CT molecular complexity index is 1600. The third kappa shape index (κ3) is 6.14. The lowest BCUT2D eigenvalue weighted by atomic mass is 9.95. The van der Waals surface area contributed by atoms with Crippen molar-refractivity contribution >= 4 is 23.4 Å². The molecule has 1 aromatic heterocycles. The van der Waals surface area contributed by atoms with Gasteiger partial charge in [0.05, 0.1) is 41.2 Å². The van der Waals surface area contributed by atoms with E-state index in [1.165, 1.54) is 11.3 Å². The van der Waals surface area contributed by atoms with Crippen LogP contribution in [-0.4, -0.2) is 36.0 Å². The largest absolute Gasteiger partial charge is 0.491 e. The number of carbonyl (C=O) groups is 1. The molecule has 1 aliphatic rings. The summed E-state index contributed by atoms with van der Waals surface area (Å²) in [6.07, 6.45) is 1.70. The van der Waals surface area contributed by atoms with Crippen molar-refractivity contribution < 1.29 is 23.7 Å². The second kappa shape index (κ2) is 12.6. The number of fused-ring (bicyclic) bond motifs is 1. The molecule has 0 N–H and O–H groups in total. The highest BCUT2D eigenvalue weighted by molar-refractivity contribution is 7.07. The molecule has 4 rings (SSSR count). The molecule has 0 fully saturated rings. The number of benzene rings is 2. The normalized spacial score (nSPS) is 15.2. The number of para-hydroxylation sites is 1. The summed E-state index contributed by atoms with van der Waals surface area (Å²) in [6.45, 7) is 13.9. The molecule has 0 bridgehead atoms. The molecular formula is C31H36N2O6S. The first-order valence-electron chi connectivity index (χ1n) is 13.5. The zero-order valence-corrected chi connectivity index (χ0v) is 24.8. The van der Waals surface area contributed by atoms with Crippen molar-refractivity contribution in [1.29, 1.82) is 0 Å². The lowest BCUT2D eigenvalue weighted by Gasteiger charge is -2.26. The first kappa shape index (κ1) is 29.1. The number of hydrogen-bond donors (Lipinski definition) is 0. The van der Waals surface area contributed by atoms with Gasteiger partial charge in [-0.3, -0.25) is 9.36 Å². The molecule has 8 nitrogen and oxygen atoms in total. The monoisotopic (exact) mass is 564 g/mol. The van der Waals surface area contributed by atoms with Crippen molar-refractivity contribution in [3.05, 3.63) is 84.5 Å². The number of rotatable bonds is 10. The van der Waals surface area contributed by atoms with Crippen LogP contribution in [0.1, 0.15) is 65.6 Å².